The van der Waals surface area contributed by atoms with Gasteiger partial charge in [0.2, 0.25) is 0 Å². The minimum absolute atomic E-state index is 0.119. The van der Waals surface area contributed by atoms with Crippen LogP contribution in [0.1, 0.15) is 25.5 Å². The van der Waals surface area contributed by atoms with Crippen LogP contribution in [0.2, 0.25) is 0 Å². The molecule has 0 saturated heterocycles. The van der Waals surface area contributed by atoms with E-state index in [4.69, 9.17) is 4.74 Å². The Morgan fingerprint density at radius 2 is 2.25 bits per heavy atom. The summed E-state index contributed by atoms with van der Waals surface area (Å²) in [6.07, 6.45) is 0. The predicted molar refractivity (Wildman–Crippen MR) is 68.7 cm³/mol. The summed E-state index contributed by atoms with van der Waals surface area (Å²) in [6, 6.07) is 5.66. The molecule has 4 heteroatoms. The van der Waals surface area contributed by atoms with Crippen LogP contribution in [0.25, 0.3) is 0 Å². The molecule has 1 atom stereocenters. The Kier molecular flexibility index (Phi) is 5.80. The van der Waals surface area contributed by atoms with Crippen LogP contribution in [0.5, 0.6) is 5.75 Å². The molecule has 0 fully saturated rings. The summed E-state index contributed by atoms with van der Waals surface area (Å²) in [6.45, 7) is 6.21. The third-order valence-corrected chi connectivity index (χ3v) is 2.85. The summed E-state index contributed by atoms with van der Waals surface area (Å²) in [5.41, 5.74) is 0.902. The molecule has 1 aromatic rings. The van der Waals surface area contributed by atoms with Crippen LogP contribution in [-0.4, -0.2) is 24.9 Å². The first-order valence-electron chi connectivity index (χ1n) is 5.44. The molecule has 1 unspecified atom stereocenters. The SMILES string of the molecule is CCOCCNC(C)c1ccc(Br)cc1O. The Morgan fingerprint density at radius 3 is 2.88 bits per heavy atom. The smallest absolute Gasteiger partial charge is 0.121 e. The van der Waals surface area contributed by atoms with Gasteiger partial charge in [-0.2, -0.15) is 0 Å². The highest BCUT2D eigenvalue weighted by atomic mass is 79.9. The van der Waals surface area contributed by atoms with Crippen LogP contribution in [0.3, 0.4) is 0 Å². The predicted octanol–water partition coefficient (Wildman–Crippen LogP) is 2.84. The third-order valence-electron chi connectivity index (χ3n) is 2.36. The lowest BCUT2D eigenvalue weighted by atomic mass is 10.1. The van der Waals surface area contributed by atoms with Gasteiger partial charge in [0.15, 0.2) is 0 Å². The van der Waals surface area contributed by atoms with Crippen molar-refractivity contribution in [1.29, 1.82) is 0 Å². The summed E-state index contributed by atoms with van der Waals surface area (Å²) in [5, 5.41) is 13.1. The van der Waals surface area contributed by atoms with Gasteiger partial charge in [0.1, 0.15) is 5.75 Å². The fourth-order valence-corrected chi connectivity index (χ4v) is 1.83. The molecule has 1 rings (SSSR count). The topological polar surface area (TPSA) is 41.5 Å². The highest BCUT2D eigenvalue weighted by Crippen LogP contribution is 2.27. The molecule has 0 aromatic heterocycles. The summed E-state index contributed by atoms with van der Waals surface area (Å²) < 4.78 is 6.12. The largest absolute Gasteiger partial charge is 0.508 e. The van der Waals surface area contributed by atoms with E-state index in [2.05, 4.69) is 21.2 Å². The molecule has 1 aromatic carbocycles. The van der Waals surface area contributed by atoms with Crippen LogP contribution >= 0.6 is 15.9 Å². The standard InChI is InChI=1S/C12H18BrNO2/c1-3-16-7-6-14-9(2)11-5-4-10(13)8-12(11)15/h4-5,8-9,14-15H,3,6-7H2,1-2H3. The number of benzene rings is 1. The molecule has 0 aliphatic rings. The fraction of sp³-hybridized carbons (Fsp3) is 0.500. The van der Waals surface area contributed by atoms with E-state index in [1.165, 1.54) is 0 Å². The van der Waals surface area contributed by atoms with Gasteiger partial charge in [-0.1, -0.05) is 22.0 Å². The van der Waals surface area contributed by atoms with Gasteiger partial charge in [0, 0.05) is 29.2 Å². The molecule has 0 aliphatic carbocycles. The van der Waals surface area contributed by atoms with Crippen molar-refractivity contribution in [1.82, 2.24) is 5.32 Å². The van der Waals surface area contributed by atoms with Gasteiger partial charge in [-0.05, 0) is 26.0 Å². The second-order valence-corrected chi connectivity index (χ2v) is 4.49. The zero-order valence-corrected chi connectivity index (χ0v) is 11.3. The lowest BCUT2D eigenvalue weighted by molar-refractivity contribution is 0.147. The van der Waals surface area contributed by atoms with E-state index in [-0.39, 0.29) is 6.04 Å². The molecule has 16 heavy (non-hydrogen) atoms. The third kappa shape index (κ3) is 4.12. The maximum atomic E-state index is 9.76. The molecular weight excluding hydrogens is 270 g/mol. The number of hydrogen-bond acceptors (Lipinski definition) is 3. The fourth-order valence-electron chi connectivity index (χ4n) is 1.48. The zero-order valence-electron chi connectivity index (χ0n) is 9.66. The minimum Gasteiger partial charge on any atom is -0.508 e. The molecule has 0 heterocycles. The van der Waals surface area contributed by atoms with E-state index >= 15 is 0 Å². The van der Waals surface area contributed by atoms with E-state index in [9.17, 15) is 5.11 Å². The maximum absolute atomic E-state index is 9.76. The minimum atomic E-state index is 0.119. The second kappa shape index (κ2) is 6.89. The molecule has 90 valence electrons. The number of nitrogens with one attached hydrogen (secondary N) is 1. The lowest BCUT2D eigenvalue weighted by Gasteiger charge is -2.15. The van der Waals surface area contributed by atoms with E-state index in [1.54, 1.807) is 6.07 Å². The highest BCUT2D eigenvalue weighted by Gasteiger charge is 2.09. The van der Waals surface area contributed by atoms with Crippen molar-refractivity contribution in [3.8, 4) is 5.75 Å². The lowest BCUT2D eigenvalue weighted by Crippen LogP contribution is -2.23. The maximum Gasteiger partial charge on any atom is 0.121 e. The molecule has 0 spiro atoms. The van der Waals surface area contributed by atoms with Gasteiger partial charge in [-0.15, -0.1) is 0 Å². The molecule has 0 bridgehead atoms. The number of ether oxygens (including phenoxy) is 1. The van der Waals surface area contributed by atoms with Gasteiger partial charge in [0.05, 0.1) is 6.61 Å². The van der Waals surface area contributed by atoms with Gasteiger partial charge in [-0.3, -0.25) is 0 Å². The van der Waals surface area contributed by atoms with Crippen LogP contribution < -0.4 is 5.32 Å². The van der Waals surface area contributed by atoms with Crippen molar-refractivity contribution in [3.05, 3.63) is 28.2 Å². The molecule has 2 N–H and O–H groups in total. The Bertz CT molecular complexity index is 331. The van der Waals surface area contributed by atoms with Crippen LogP contribution in [0, 0.1) is 0 Å². The Labute approximate surface area is 105 Å². The van der Waals surface area contributed by atoms with Gasteiger partial charge in [0.25, 0.3) is 0 Å². The molecular formula is C12H18BrNO2. The average Bonchev–Trinajstić information content (AvgIpc) is 2.24. The van der Waals surface area contributed by atoms with Gasteiger partial charge in [-0.25, -0.2) is 0 Å². The van der Waals surface area contributed by atoms with Crippen LogP contribution in [0.15, 0.2) is 22.7 Å². The summed E-state index contributed by atoms with van der Waals surface area (Å²) >= 11 is 3.32. The van der Waals surface area contributed by atoms with E-state index in [0.29, 0.717) is 12.4 Å². The van der Waals surface area contributed by atoms with Crippen molar-refractivity contribution in [2.45, 2.75) is 19.9 Å². The van der Waals surface area contributed by atoms with Crippen LogP contribution in [0.4, 0.5) is 0 Å². The zero-order chi connectivity index (χ0) is 12.0. The number of phenols is 1. The summed E-state index contributed by atoms with van der Waals surface area (Å²) in [4.78, 5) is 0. The van der Waals surface area contributed by atoms with E-state index < -0.39 is 0 Å². The number of rotatable bonds is 6. The van der Waals surface area contributed by atoms with Crippen LogP contribution in [-0.2, 0) is 4.74 Å². The normalized spacial score (nSPS) is 12.7. The van der Waals surface area contributed by atoms with Gasteiger partial charge < -0.3 is 15.2 Å². The van der Waals surface area contributed by atoms with Crippen molar-refractivity contribution < 1.29 is 9.84 Å². The monoisotopic (exact) mass is 287 g/mol. The van der Waals surface area contributed by atoms with E-state index in [1.807, 2.05) is 26.0 Å². The summed E-state index contributed by atoms with van der Waals surface area (Å²) in [7, 11) is 0. The van der Waals surface area contributed by atoms with E-state index in [0.717, 1.165) is 23.2 Å². The summed E-state index contributed by atoms with van der Waals surface area (Å²) in [5.74, 6) is 0.311. The Morgan fingerprint density at radius 1 is 1.50 bits per heavy atom. The quantitative estimate of drug-likeness (QED) is 0.791. The highest BCUT2D eigenvalue weighted by molar-refractivity contribution is 9.10. The Balaban J connectivity index is 2.49. The van der Waals surface area contributed by atoms with Crippen molar-refractivity contribution >= 4 is 15.9 Å². The van der Waals surface area contributed by atoms with Crippen molar-refractivity contribution in [3.63, 3.8) is 0 Å². The van der Waals surface area contributed by atoms with Crippen molar-refractivity contribution in [2.75, 3.05) is 19.8 Å². The molecule has 3 nitrogen and oxygen atoms in total. The first kappa shape index (κ1) is 13.5. The number of phenolic OH excluding ortho intramolecular Hbond substituents is 1. The van der Waals surface area contributed by atoms with Gasteiger partial charge >= 0.3 is 0 Å². The molecule has 0 saturated carbocycles. The first-order chi connectivity index (χ1) is 7.65. The average molecular weight is 288 g/mol. The number of hydrogen-bond donors (Lipinski definition) is 2. The molecule has 0 radical (unpaired) electrons. The molecule has 0 aliphatic heterocycles. The van der Waals surface area contributed by atoms with Crippen molar-refractivity contribution in [2.24, 2.45) is 0 Å². The second-order valence-electron chi connectivity index (χ2n) is 3.58. The molecule has 0 amide bonds. The number of aromatic hydroxyl groups is 1. The first-order valence-corrected chi connectivity index (χ1v) is 6.24. The number of halogens is 1. The Hall–Kier alpha value is -0.580.